The summed E-state index contributed by atoms with van der Waals surface area (Å²) in [4.78, 5) is 23.6. The summed E-state index contributed by atoms with van der Waals surface area (Å²) in [6.45, 7) is 0. The third-order valence-electron chi connectivity index (χ3n) is 3.36. The molecule has 0 saturated carbocycles. The van der Waals surface area contributed by atoms with E-state index in [2.05, 4.69) is 15.8 Å². The molecular weight excluding hydrogens is 432 g/mol. The van der Waals surface area contributed by atoms with Crippen molar-refractivity contribution >= 4 is 70.1 Å². The molecule has 2 aromatic carbocycles. The van der Waals surface area contributed by atoms with Gasteiger partial charge in [-0.2, -0.15) is 5.10 Å². The number of hydrogen-bond acceptors (Lipinski definition) is 3. The Labute approximate surface area is 176 Å². The summed E-state index contributed by atoms with van der Waals surface area (Å²) >= 11 is 23.4. The van der Waals surface area contributed by atoms with E-state index < -0.39 is 0 Å². The molecule has 0 heterocycles. The molecule has 9 heteroatoms. The van der Waals surface area contributed by atoms with Crippen molar-refractivity contribution in [1.82, 2.24) is 5.43 Å². The van der Waals surface area contributed by atoms with Crippen LogP contribution in [0.3, 0.4) is 0 Å². The molecule has 27 heavy (non-hydrogen) atoms. The van der Waals surface area contributed by atoms with Crippen molar-refractivity contribution in [2.75, 3.05) is 5.32 Å². The Kier molecular flexibility index (Phi) is 8.38. The second kappa shape index (κ2) is 10.5. The summed E-state index contributed by atoms with van der Waals surface area (Å²) in [7, 11) is 0. The van der Waals surface area contributed by atoms with Crippen molar-refractivity contribution < 1.29 is 9.59 Å². The largest absolute Gasteiger partial charge is 0.326 e. The molecule has 0 aliphatic heterocycles. The normalized spacial score (nSPS) is 10.8. The highest BCUT2D eigenvalue weighted by atomic mass is 35.5. The SMILES string of the molecule is O=C(CCCC(=O)Nc1ccc(Cl)c(Cl)c1)N/N=C\c1ccc(Cl)c(Cl)c1. The van der Waals surface area contributed by atoms with Crippen LogP contribution in [0.2, 0.25) is 20.1 Å². The maximum absolute atomic E-state index is 11.9. The van der Waals surface area contributed by atoms with Crippen molar-refractivity contribution in [3.05, 3.63) is 62.1 Å². The molecule has 0 radical (unpaired) electrons. The summed E-state index contributed by atoms with van der Waals surface area (Å²) in [5, 5.41) is 8.14. The van der Waals surface area contributed by atoms with Gasteiger partial charge in [0.15, 0.2) is 0 Å². The van der Waals surface area contributed by atoms with Gasteiger partial charge in [-0.05, 0) is 42.3 Å². The quantitative estimate of drug-likeness (QED) is 0.431. The van der Waals surface area contributed by atoms with Gasteiger partial charge in [0.2, 0.25) is 11.8 Å². The molecule has 2 N–H and O–H groups in total. The van der Waals surface area contributed by atoms with E-state index in [0.717, 1.165) is 0 Å². The number of benzene rings is 2. The zero-order valence-electron chi connectivity index (χ0n) is 13.9. The number of carbonyl (C=O) groups is 2. The van der Waals surface area contributed by atoms with Gasteiger partial charge in [-0.3, -0.25) is 9.59 Å². The molecule has 0 unspecified atom stereocenters. The molecule has 0 aliphatic rings. The molecule has 0 fully saturated rings. The molecule has 0 atom stereocenters. The van der Waals surface area contributed by atoms with Crippen molar-refractivity contribution in [3.8, 4) is 0 Å². The first-order chi connectivity index (χ1) is 12.8. The number of amides is 2. The predicted molar refractivity (Wildman–Crippen MR) is 111 cm³/mol. The molecule has 5 nitrogen and oxygen atoms in total. The van der Waals surface area contributed by atoms with E-state index in [1.807, 2.05) is 0 Å². The topological polar surface area (TPSA) is 70.6 Å². The predicted octanol–water partition coefficient (Wildman–Crippen LogP) is 5.56. The number of hydrogen-bond donors (Lipinski definition) is 2. The average Bonchev–Trinajstić information content (AvgIpc) is 2.61. The van der Waals surface area contributed by atoms with E-state index >= 15 is 0 Å². The summed E-state index contributed by atoms with van der Waals surface area (Å²) in [6.07, 6.45) is 2.18. The monoisotopic (exact) mass is 445 g/mol. The van der Waals surface area contributed by atoms with Gasteiger partial charge in [0, 0.05) is 18.5 Å². The highest BCUT2D eigenvalue weighted by Gasteiger charge is 2.07. The Bertz CT molecular complexity index is 872. The fraction of sp³-hybridized carbons (Fsp3) is 0.167. The molecule has 2 aromatic rings. The first-order valence-corrected chi connectivity index (χ1v) is 9.38. The molecule has 0 spiro atoms. The molecule has 2 amide bonds. The van der Waals surface area contributed by atoms with Gasteiger partial charge in [0.05, 0.1) is 26.3 Å². The summed E-state index contributed by atoms with van der Waals surface area (Å²) in [5.74, 6) is -0.519. The van der Waals surface area contributed by atoms with E-state index in [1.165, 1.54) is 6.21 Å². The third-order valence-corrected chi connectivity index (χ3v) is 4.84. The van der Waals surface area contributed by atoms with Gasteiger partial charge in [0.25, 0.3) is 0 Å². The van der Waals surface area contributed by atoms with Crippen molar-refractivity contribution in [3.63, 3.8) is 0 Å². The van der Waals surface area contributed by atoms with Crippen LogP contribution < -0.4 is 10.7 Å². The van der Waals surface area contributed by atoms with Crippen LogP contribution in [0.4, 0.5) is 5.69 Å². The first kappa shape index (κ1) is 21.5. The van der Waals surface area contributed by atoms with Gasteiger partial charge in [0.1, 0.15) is 0 Å². The van der Waals surface area contributed by atoms with E-state index in [9.17, 15) is 9.59 Å². The van der Waals surface area contributed by atoms with Crippen LogP contribution in [-0.4, -0.2) is 18.0 Å². The number of nitrogens with one attached hydrogen (secondary N) is 2. The Morgan fingerprint density at radius 1 is 0.852 bits per heavy atom. The molecule has 0 aromatic heterocycles. The van der Waals surface area contributed by atoms with Crippen molar-refractivity contribution in [2.24, 2.45) is 5.10 Å². The van der Waals surface area contributed by atoms with Crippen LogP contribution in [0.25, 0.3) is 0 Å². The summed E-state index contributed by atoms with van der Waals surface area (Å²) < 4.78 is 0. The Balaban J connectivity index is 1.70. The molecule has 142 valence electrons. The van der Waals surface area contributed by atoms with Crippen LogP contribution in [0.1, 0.15) is 24.8 Å². The standard InChI is InChI=1S/C18H15Cl4N3O2/c19-13-6-4-11(8-15(13)21)10-23-25-18(27)3-1-2-17(26)24-12-5-7-14(20)16(22)9-12/h4-10H,1-3H2,(H,24,26)(H,25,27)/b23-10-. The van der Waals surface area contributed by atoms with Crippen LogP contribution in [0.15, 0.2) is 41.5 Å². The maximum Gasteiger partial charge on any atom is 0.240 e. The lowest BCUT2D eigenvalue weighted by Gasteiger charge is -2.06. The number of hydrazone groups is 1. The minimum absolute atomic E-state index is 0.160. The van der Waals surface area contributed by atoms with Gasteiger partial charge in [-0.25, -0.2) is 5.43 Å². The Morgan fingerprint density at radius 2 is 1.48 bits per heavy atom. The lowest BCUT2D eigenvalue weighted by molar-refractivity contribution is -0.121. The number of halogens is 4. The first-order valence-electron chi connectivity index (χ1n) is 7.87. The smallest absolute Gasteiger partial charge is 0.240 e. The van der Waals surface area contributed by atoms with Gasteiger partial charge in [-0.15, -0.1) is 0 Å². The number of rotatable bonds is 7. The zero-order chi connectivity index (χ0) is 19.8. The highest BCUT2D eigenvalue weighted by molar-refractivity contribution is 6.42. The Morgan fingerprint density at radius 3 is 2.15 bits per heavy atom. The van der Waals surface area contributed by atoms with Crippen LogP contribution >= 0.6 is 46.4 Å². The molecular formula is C18H15Cl4N3O2. The highest BCUT2D eigenvalue weighted by Crippen LogP contribution is 2.25. The van der Waals surface area contributed by atoms with Crippen LogP contribution in [0, 0.1) is 0 Å². The summed E-state index contributed by atoms with van der Waals surface area (Å²) in [6, 6.07) is 9.80. The third kappa shape index (κ3) is 7.39. The van der Waals surface area contributed by atoms with Crippen LogP contribution in [-0.2, 0) is 9.59 Å². The molecule has 0 bridgehead atoms. The van der Waals surface area contributed by atoms with Crippen molar-refractivity contribution in [1.29, 1.82) is 0 Å². The molecule has 0 saturated heterocycles. The van der Waals surface area contributed by atoms with Crippen molar-refractivity contribution in [2.45, 2.75) is 19.3 Å². The fourth-order valence-corrected chi connectivity index (χ4v) is 2.64. The van der Waals surface area contributed by atoms with E-state index in [-0.39, 0.29) is 24.7 Å². The molecule has 0 aliphatic carbocycles. The molecule has 2 rings (SSSR count). The fourth-order valence-electron chi connectivity index (χ4n) is 2.03. The lowest BCUT2D eigenvalue weighted by atomic mass is 10.2. The number of anilines is 1. The minimum Gasteiger partial charge on any atom is -0.326 e. The zero-order valence-corrected chi connectivity index (χ0v) is 17.0. The summed E-state index contributed by atoms with van der Waals surface area (Å²) in [5.41, 5.74) is 3.64. The van der Waals surface area contributed by atoms with E-state index in [4.69, 9.17) is 46.4 Å². The second-order valence-corrected chi connectivity index (χ2v) is 7.13. The lowest BCUT2D eigenvalue weighted by Crippen LogP contribution is -2.18. The van der Waals surface area contributed by atoms with Gasteiger partial charge < -0.3 is 5.32 Å². The Hall–Kier alpha value is -1.79. The van der Waals surface area contributed by atoms with Gasteiger partial charge >= 0.3 is 0 Å². The van der Waals surface area contributed by atoms with Gasteiger partial charge in [-0.1, -0.05) is 52.5 Å². The minimum atomic E-state index is -0.298. The average molecular weight is 447 g/mol. The number of nitrogens with zero attached hydrogens (tertiary/aromatic N) is 1. The number of carbonyl (C=O) groups excluding carboxylic acids is 2. The maximum atomic E-state index is 11.9. The second-order valence-electron chi connectivity index (χ2n) is 5.50. The van der Waals surface area contributed by atoms with E-state index in [1.54, 1.807) is 36.4 Å². The van der Waals surface area contributed by atoms with Crippen LogP contribution in [0.5, 0.6) is 0 Å². The van der Waals surface area contributed by atoms with E-state index in [0.29, 0.717) is 37.8 Å².